The fourth-order valence-corrected chi connectivity index (χ4v) is 2.91. The average molecular weight is 397 g/mol. The number of benzene rings is 2. The van der Waals surface area contributed by atoms with E-state index >= 15 is 4.39 Å². The van der Waals surface area contributed by atoms with Crippen molar-refractivity contribution in [2.75, 3.05) is 0 Å². The van der Waals surface area contributed by atoms with Crippen LogP contribution < -0.4 is 11.1 Å². The van der Waals surface area contributed by atoms with E-state index < -0.39 is 34.9 Å². The number of rotatable bonds is 8. The van der Waals surface area contributed by atoms with Crippen molar-refractivity contribution < 1.29 is 18.4 Å². The molecule has 4 nitrogen and oxygen atoms in total. The normalized spacial score (nSPS) is 12.7. The van der Waals surface area contributed by atoms with Gasteiger partial charge in [-0.3, -0.25) is 9.59 Å². The standard InChI is InChI=1S/C20H22F2N2O2.ClH/c1-3-16(24-12(2)11-17(23)25)14-9-10-15(21)18(19(14)22)20(26)13-7-5-4-6-8-13;/h4-10,12,16,24H,3,11H2,1-2H3,(H2,23,25);1H/t12-,16-;/m1./s1. The van der Waals surface area contributed by atoms with Crippen molar-refractivity contribution >= 4 is 24.1 Å². The van der Waals surface area contributed by atoms with Crippen molar-refractivity contribution in [3.63, 3.8) is 0 Å². The lowest BCUT2D eigenvalue weighted by atomic mass is 9.95. The first-order valence-electron chi connectivity index (χ1n) is 8.47. The molecule has 0 bridgehead atoms. The number of hydrogen-bond donors (Lipinski definition) is 2. The number of ketones is 1. The first kappa shape index (κ1) is 22.7. The van der Waals surface area contributed by atoms with Crippen LogP contribution in [0.25, 0.3) is 0 Å². The topological polar surface area (TPSA) is 72.2 Å². The van der Waals surface area contributed by atoms with Gasteiger partial charge in [-0.2, -0.15) is 0 Å². The van der Waals surface area contributed by atoms with E-state index in [4.69, 9.17) is 5.73 Å². The number of carbonyl (C=O) groups excluding carboxylic acids is 2. The Kier molecular flexibility index (Phi) is 8.53. The van der Waals surface area contributed by atoms with Crippen LogP contribution in [0.3, 0.4) is 0 Å². The maximum absolute atomic E-state index is 15.0. The lowest BCUT2D eigenvalue weighted by Gasteiger charge is -2.23. The number of hydrogen-bond acceptors (Lipinski definition) is 3. The van der Waals surface area contributed by atoms with Crippen molar-refractivity contribution in [1.29, 1.82) is 0 Å². The molecular formula is C20H23ClF2N2O2. The summed E-state index contributed by atoms with van der Waals surface area (Å²) in [5, 5.41) is 3.11. The number of nitrogens with two attached hydrogens (primary N) is 1. The highest BCUT2D eigenvalue weighted by Crippen LogP contribution is 2.27. The van der Waals surface area contributed by atoms with Gasteiger partial charge in [0.2, 0.25) is 5.91 Å². The Morgan fingerprint density at radius 2 is 1.74 bits per heavy atom. The van der Waals surface area contributed by atoms with Crippen LogP contribution >= 0.6 is 12.4 Å². The Balaban J connectivity index is 0.00000364. The van der Waals surface area contributed by atoms with Gasteiger partial charge in [0.05, 0.1) is 5.56 Å². The summed E-state index contributed by atoms with van der Waals surface area (Å²) < 4.78 is 29.3. The Bertz CT molecular complexity index is 800. The molecule has 3 N–H and O–H groups in total. The second kappa shape index (κ2) is 10.1. The average Bonchev–Trinajstić information content (AvgIpc) is 2.60. The van der Waals surface area contributed by atoms with Crippen LogP contribution in [0.15, 0.2) is 42.5 Å². The quantitative estimate of drug-likeness (QED) is 0.664. The maximum atomic E-state index is 15.0. The van der Waals surface area contributed by atoms with Crippen molar-refractivity contribution in [2.24, 2.45) is 5.73 Å². The number of carbonyl (C=O) groups is 2. The highest BCUT2D eigenvalue weighted by atomic mass is 35.5. The van der Waals surface area contributed by atoms with Gasteiger partial charge in [0.25, 0.3) is 0 Å². The molecular weight excluding hydrogens is 374 g/mol. The van der Waals surface area contributed by atoms with Crippen LogP contribution in [0.5, 0.6) is 0 Å². The van der Waals surface area contributed by atoms with Crippen LogP contribution in [0, 0.1) is 11.6 Å². The van der Waals surface area contributed by atoms with Crippen LogP contribution in [0.2, 0.25) is 0 Å². The van der Waals surface area contributed by atoms with Crippen LogP contribution in [0.4, 0.5) is 8.78 Å². The molecule has 0 aliphatic carbocycles. The SMILES string of the molecule is CC[C@@H](N[C@H](C)CC(N)=O)c1ccc(F)c(C(=O)c2ccccc2)c1F.Cl. The van der Waals surface area contributed by atoms with E-state index in [-0.39, 0.29) is 36.0 Å². The van der Waals surface area contributed by atoms with Crippen LogP contribution in [-0.4, -0.2) is 17.7 Å². The van der Waals surface area contributed by atoms with Gasteiger partial charge < -0.3 is 11.1 Å². The summed E-state index contributed by atoms with van der Waals surface area (Å²) in [6, 6.07) is 9.67. The molecule has 2 rings (SSSR count). The molecule has 0 unspecified atom stereocenters. The summed E-state index contributed by atoms with van der Waals surface area (Å²) in [6.07, 6.45) is 0.583. The third-order valence-corrected chi connectivity index (χ3v) is 4.16. The first-order valence-corrected chi connectivity index (χ1v) is 8.47. The number of halogens is 3. The summed E-state index contributed by atoms with van der Waals surface area (Å²) in [4.78, 5) is 23.6. The van der Waals surface area contributed by atoms with E-state index in [2.05, 4.69) is 5.32 Å². The van der Waals surface area contributed by atoms with E-state index in [1.54, 1.807) is 25.1 Å². The Hall–Kier alpha value is -2.31. The number of primary amides is 1. The number of nitrogens with one attached hydrogen (secondary N) is 1. The highest BCUT2D eigenvalue weighted by Gasteiger charge is 2.25. The molecule has 2 aromatic rings. The van der Waals surface area contributed by atoms with Gasteiger partial charge in [0, 0.05) is 29.6 Å². The Morgan fingerprint density at radius 1 is 1.11 bits per heavy atom. The van der Waals surface area contributed by atoms with E-state index in [1.807, 2.05) is 6.92 Å². The van der Waals surface area contributed by atoms with E-state index in [1.165, 1.54) is 18.2 Å². The second-order valence-electron chi connectivity index (χ2n) is 6.22. The van der Waals surface area contributed by atoms with E-state index in [0.29, 0.717) is 6.42 Å². The van der Waals surface area contributed by atoms with Gasteiger partial charge in [-0.05, 0) is 19.4 Å². The van der Waals surface area contributed by atoms with Crippen LogP contribution in [0.1, 0.15) is 54.2 Å². The molecule has 0 saturated heterocycles. The number of amides is 1. The summed E-state index contributed by atoms with van der Waals surface area (Å²) in [5.74, 6) is -2.97. The lowest BCUT2D eigenvalue weighted by Crippen LogP contribution is -2.34. The summed E-state index contributed by atoms with van der Waals surface area (Å²) in [7, 11) is 0. The Morgan fingerprint density at radius 3 is 2.30 bits per heavy atom. The van der Waals surface area contributed by atoms with Gasteiger partial charge in [0.15, 0.2) is 5.78 Å². The van der Waals surface area contributed by atoms with Gasteiger partial charge >= 0.3 is 0 Å². The molecule has 0 aromatic heterocycles. The highest BCUT2D eigenvalue weighted by molar-refractivity contribution is 6.09. The predicted octanol–water partition coefficient (Wildman–Crippen LogP) is 3.92. The molecule has 0 aliphatic heterocycles. The molecule has 0 spiro atoms. The van der Waals surface area contributed by atoms with Gasteiger partial charge in [-0.25, -0.2) is 8.78 Å². The summed E-state index contributed by atoms with van der Waals surface area (Å²) in [6.45, 7) is 3.58. The second-order valence-corrected chi connectivity index (χ2v) is 6.22. The zero-order chi connectivity index (χ0) is 19.3. The smallest absolute Gasteiger partial charge is 0.218 e. The van der Waals surface area contributed by atoms with Gasteiger partial charge in [0.1, 0.15) is 11.6 Å². The largest absolute Gasteiger partial charge is 0.370 e. The monoisotopic (exact) mass is 396 g/mol. The van der Waals surface area contributed by atoms with Crippen molar-refractivity contribution in [3.05, 3.63) is 70.8 Å². The van der Waals surface area contributed by atoms with Gasteiger partial charge in [-0.1, -0.05) is 43.3 Å². The lowest BCUT2D eigenvalue weighted by molar-refractivity contribution is -0.118. The molecule has 1 amide bonds. The minimum Gasteiger partial charge on any atom is -0.370 e. The molecule has 0 fully saturated rings. The molecule has 7 heteroatoms. The molecule has 0 radical (unpaired) electrons. The zero-order valence-corrected chi connectivity index (χ0v) is 16.0. The fraction of sp³-hybridized carbons (Fsp3) is 0.300. The first-order chi connectivity index (χ1) is 12.3. The fourth-order valence-electron chi connectivity index (χ4n) is 2.91. The molecule has 0 saturated carbocycles. The van der Waals surface area contributed by atoms with Crippen molar-refractivity contribution in [2.45, 2.75) is 38.8 Å². The minimum absolute atomic E-state index is 0. The predicted molar refractivity (Wildman–Crippen MR) is 103 cm³/mol. The molecule has 27 heavy (non-hydrogen) atoms. The van der Waals surface area contributed by atoms with E-state index in [9.17, 15) is 14.0 Å². The van der Waals surface area contributed by atoms with Gasteiger partial charge in [-0.15, -0.1) is 12.4 Å². The van der Waals surface area contributed by atoms with Crippen molar-refractivity contribution in [3.8, 4) is 0 Å². The summed E-state index contributed by atoms with van der Waals surface area (Å²) >= 11 is 0. The molecule has 0 heterocycles. The van der Waals surface area contributed by atoms with Crippen molar-refractivity contribution in [1.82, 2.24) is 5.32 Å². The van der Waals surface area contributed by atoms with Crippen LogP contribution in [-0.2, 0) is 4.79 Å². The molecule has 2 aromatic carbocycles. The van der Waals surface area contributed by atoms with E-state index in [0.717, 1.165) is 6.07 Å². The maximum Gasteiger partial charge on any atom is 0.218 e. The molecule has 0 aliphatic rings. The third kappa shape index (κ3) is 5.58. The summed E-state index contributed by atoms with van der Waals surface area (Å²) in [5.41, 5.74) is 5.01. The zero-order valence-electron chi connectivity index (χ0n) is 15.2. The Labute approximate surface area is 163 Å². The molecule has 2 atom stereocenters. The third-order valence-electron chi connectivity index (χ3n) is 4.16. The minimum atomic E-state index is -0.903. The molecule has 146 valence electrons.